The summed E-state index contributed by atoms with van der Waals surface area (Å²) in [6.07, 6.45) is 1.71. The van der Waals surface area contributed by atoms with Crippen molar-refractivity contribution in [1.29, 1.82) is 0 Å². The summed E-state index contributed by atoms with van der Waals surface area (Å²) in [5.41, 5.74) is 3.92. The largest absolute Gasteiger partial charge is 0.351 e. The first kappa shape index (κ1) is 15.7. The molecule has 0 fully saturated rings. The lowest BCUT2D eigenvalue weighted by atomic mass is 10.1. The summed E-state index contributed by atoms with van der Waals surface area (Å²) in [4.78, 5) is 20.9. The Morgan fingerprint density at radius 2 is 1.91 bits per heavy atom. The van der Waals surface area contributed by atoms with Gasteiger partial charge in [0.25, 0.3) is 5.91 Å². The monoisotopic (exact) mass is 296 g/mol. The average Bonchev–Trinajstić information content (AvgIpc) is 2.48. The van der Waals surface area contributed by atoms with E-state index in [2.05, 4.69) is 27.2 Å². The topological polar surface area (TPSA) is 66.9 Å². The van der Waals surface area contributed by atoms with E-state index < -0.39 is 0 Å². The van der Waals surface area contributed by atoms with Gasteiger partial charge in [-0.15, -0.1) is 6.58 Å². The molecule has 2 rings (SSSR count). The normalized spacial score (nSPS) is 10.1. The predicted molar refractivity (Wildman–Crippen MR) is 89.3 cm³/mol. The van der Waals surface area contributed by atoms with E-state index in [4.69, 9.17) is 0 Å². The molecule has 0 radical (unpaired) electrons. The van der Waals surface area contributed by atoms with Crippen molar-refractivity contribution in [3.63, 3.8) is 0 Å². The fourth-order valence-electron chi connectivity index (χ4n) is 2.12. The van der Waals surface area contributed by atoms with Crippen LogP contribution in [0.3, 0.4) is 0 Å². The Morgan fingerprint density at radius 1 is 1.23 bits per heavy atom. The van der Waals surface area contributed by atoms with Crippen LogP contribution in [0, 0.1) is 20.8 Å². The molecule has 0 saturated carbocycles. The third-order valence-corrected chi connectivity index (χ3v) is 3.21. The highest BCUT2D eigenvalue weighted by Crippen LogP contribution is 2.20. The van der Waals surface area contributed by atoms with Gasteiger partial charge in [0.05, 0.1) is 0 Å². The zero-order valence-electron chi connectivity index (χ0n) is 13.1. The number of aromatic nitrogens is 2. The maximum Gasteiger partial charge on any atom is 0.274 e. The lowest BCUT2D eigenvalue weighted by molar-refractivity contribution is 0.102. The van der Waals surface area contributed by atoms with E-state index in [9.17, 15) is 4.79 Å². The van der Waals surface area contributed by atoms with E-state index in [1.54, 1.807) is 12.1 Å². The highest BCUT2D eigenvalue weighted by molar-refractivity contribution is 6.03. The summed E-state index contributed by atoms with van der Waals surface area (Å²) in [5.74, 6) is 0.177. The van der Waals surface area contributed by atoms with E-state index in [0.29, 0.717) is 18.2 Å². The molecule has 1 aromatic heterocycles. The number of para-hydroxylation sites is 1. The number of anilines is 2. The van der Waals surface area contributed by atoms with Crippen LogP contribution >= 0.6 is 0 Å². The molecule has 22 heavy (non-hydrogen) atoms. The number of carbonyl (C=O) groups excluding carboxylic acids is 1. The number of aryl methyl sites for hydroxylation is 3. The van der Waals surface area contributed by atoms with Crippen LogP contribution in [0.15, 0.2) is 36.9 Å². The molecule has 1 amide bonds. The fourth-order valence-corrected chi connectivity index (χ4v) is 2.12. The quantitative estimate of drug-likeness (QED) is 0.831. The second-order valence-corrected chi connectivity index (χ2v) is 5.11. The first-order valence-corrected chi connectivity index (χ1v) is 7.09. The number of amides is 1. The van der Waals surface area contributed by atoms with Crippen LogP contribution in [0.4, 0.5) is 11.6 Å². The molecule has 2 aromatic rings. The van der Waals surface area contributed by atoms with Crippen LogP contribution in [-0.4, -0.2) is 22.4 Å². The van der Waals surface area contributed by atoms with E-state index in [0.717, 1.165) is 22.5 Å². The first-order valence-electron chi connectivity index (χ1n) is 7.09. The van der Waals surface area contributed by atoms with Crippen molar-refractivity contribution in [2.45, 2.75) is 20.8 Å². The summed E-state index contributed by atoms with van der Waals surface area (Å²) in [5, 5.41) is 5.92. The van der Waals surface area contributed by atoms with Crippen LogP contribution in [0.5, 0.6) is 0 Å². The van der Waals surface area contributed by atoms with Crippen LogP contribution in [0.2, 0.25) is 0 Å². The van der Waals surface area contributed by atoms with E-state index in [1.165, 1.54) is 0 Å². The SMILES string of the molecule is C=CCNc1nc(C)cc(C(=O)Nc2c(C)cccc2C)n1. The van der Waals surface area contributed by atoms with Crippen LogP contribution in [0.1, 0.15) is 27.3 Å². The Balaban J connectivity index is 2.26. The molecular weight excluding hydrogens is 276 g/mol. The van der Waals surface area contributed by atoms with Gasteiger partial charge in [0.2, 0.25) is 5.95 Å². The second kappa shape index (κ2) is 6.85. The molecule has 5 heteroatoms. The Morgan fingerprint density at radius 3 is 2.55 bits per heavy atom. The van der Waals surface area contributed by atoms with Crippen LogP contribution < -0.4 is 10.6 Å². The molecule has 0 spiro atoms. The van der Waals surface area contributed by atoms with Gasteiger partial charge in [0.15, 0.2) is 0 Å². The summed E-state index contributed by atoms with van der Waals surface area (Å²) < 4.78 is 0. The number of carbonyl (C=O) groups is 1. The van der Waals surface area contributed by atoms with Crippen molar-refractivity contribution in [3.8, 4) is 0 Å². The number of hydrogen-bond acceptors (Lipinski definition) is 4. The molecule has 0 saturated heterocycles. The van der Waals surface area contributed by atoms with Gasteiger partial charge in [-0.25, -0.2) is 9.97 Å². The third kappa shape index (κ3) is 3.69. The van der Waals surface area contributed by atoms with Gasteiger partial charge < -0.3 is 10.6 Å². The maximum atomic E-state index is 12.4. The highest BCUT2D eigenvalue weighted by Gasteiger charge is 2.13. The molecule has 0 atom stereocenters. The fraction of sp³-hybridized carbons (Fsp3) is 0.235. The summed E-state index contributed by atoms with van der Waals surface area (Å²) in [7, 11) is 0. The average molecular weight is 296 g/mol. The van der Waals surface area contributed by atoms with E-state index in [1.807, 2.05) is 39.0 Å². The minimum Gasteiger partial charge on any atom is -0.351 e. The molecule has 0 unspecified atom stereocenters. The van der Waals surface area contributed by atoms with Gasteiger partial charge in [0.1, 0.15) is 5.69 Å². The minimum atomic E-state index is -0.246. The number of nitrogens with one attached hydrogen (secondary N) is 2. The molecule has 5 nitrogen and oxygen atoms in total. The van der Waals surface area contributed by atoms with Crippen molar-refractivity contribution in [2.75, 3.05) is 17.2 Å². The van der Waals surface area contributed by atoms with Crippen molar-refractivity contribution in [1.82, 2.24) is 9.97 Å². The Hall–Kier alpha value is -2.69. The smallest absolute Gasteiger partial charge is 0.274 e. The second-order valence-electron chi connectivity index (χ2n) is 5.11. The molecule has 0 aliphatic carbocycles. The molecule has 1 aromatic carbocycles. The highest BCUT2D eigenvalue weighted by atomic mass is 16.1. The summed E-state index contributed by atoms with van der Waals surface area (Å²) in [6, 6.07) is 7.56. The van der Waals surface area contributed by atoms with Gasteiger partial charge in [-0.05, 0) is 38.0 Å². The molecule has 0 aliphatic heterocycles. The van der Waals surface area contributed by atoms with Crippen LogP contribution in [0.25, 0.3) is 0 Å². The maximum absolute atomic E-state index is 12.4. The minimum absolute atomic E-state index is 0.246. The Kier molecular flexibility index (Phi) is 4.88. The number of benzene rings is 1. The lowest BCUT2D eigenvalue weighted by Gasteiger charge is -2.12. The van der Waals surface area contributed by atoms with Crippen molar-refractivity contribution in [2.24, 2.45) is 0 Å². The van der Waals surface area contributed by atoms with Crippen LogP contribution in [-0.2, 0) is 0 Å². The first-order chi connectivity index (χ1) is 10.5. The predicted octanol–water partition coefficient (Wildman–Crippen LogP) is 3.25. The molecule has 0 aliphatic rings. The van der Waals surface area contributed by atoms with E-state index in [-0.39, 0.29) is 5.91 Å². The van der Waals surface area contributed by atoms with Gasteiger partial charge in [-0.2, -0.15) is 0 Å². The van der Waals surface area contributed by atoms with Gasteiger partial charge in [-0.1, -0.05) is 24.3 Å². The third-order valence-electron chi connectivity index (χ3n) is 3.21. The zero-order chi connectivity index (χ0) is 16.1. The summed E-state index contributed by atoms with van der Waals surface area (Å²) >= 11 is 0. The molecule has 0 bridgehead atoms. The molecular formula is C17H20N4O. The van der Waals surface area contributed by atoms with Crippen molar-refractivity contribution in [3.05, 3.63) is 59.4 Å². The van der Waals surface area contributed by atoms with Crippen molar-refractivity contribution >= 4 is 17.5 Å². The van der Waals surface area contributed by atoms with E-state index >= 15 is 0 Å². The zero-order valence-corrected chi connectivity index (χ0v) is 13.1. The number of rotatable bonds is 5. The number of nitrogens with zero attached hydrogens (tertiary/aromatic N) is 2. The Bertz CT molecular complexity index is 690. The van der Waals surface area contributed by atoms with Crippen molar-refractivity contribution < 1.29 is 4.79 Å². The van der Waals surface area contributed by atoms with Gasteiger partial charge in [-0.3, -0.25) is 4.79 Å². The van der Waals surface area contributed by atoms with Gasteiger partial charge >= 0.3 is 0 Å². The molecule has 2 N–H and O–H groups in total. The molecule has 114 valence electrons. The Labute approximate surface area is 130 Å². The summed E-state index contributed by atoms with van der Waals surface area (Å²) in [6.45, 7) is 9.93. The van der Waals surface area contributed by atoms with Gasteiger partial charge in [0, 0.05) is 17.9 Å². The number of hydrogen-bond donors (Lipinski definition) is 2. The lowest BCUT2D eigenvalue weighted by Crippen LogP contribution is -2.17. The molecule has 1 heterocycles. The standard InChI is InChI=1S/C17H20N4O/c1-5-9-18-17-19-13(4)10-14(20-17)16(22)21-15-11(2)7-6-8-12(15)3/h5-8,10H,1,9H2,2-4H3,(H,21,22)(H,18,19,20).